The van der Waals surface area contributed by atoms with Crippen LogP contribution >= 0.6 is 0 Å². The molecule has 1 amide bonds. The van der Waals surface area contributed by atoms with Crippen molar-refractivity contribution in [2.45, 2.75) is 43.7 Å². The Hall–Kier alpha value is -2.21. The average Bonchev–Trinajstić information content (AvgIpc) is 3.10. The first-order chi connectivity index (χ1) is 11.8. The summed E-state index contributed by atoms with van der Waals surface area (Å²) in [5.74, 6) is -0.126. The topological polar surface area (TPSA) is 71.8 Å². The van der Waals surface area contributed by atoms with Crippen LogP contribution in [-0.2, 0) is 5.54 Å². The molecule has 6 nitrogen and oxygen atoms in total. The lowest BCUT2D eigenvalue weighted by Crippen LogP contribution is -2.50. The zero-order chi connectivity index (χ0) is 16.4. The second kappa shape index (κ2) is 6.36. The number of benzene rings is 1. The predicted molar refractivity (Wildman–Crippen MR) is 90.6 cm³/mol. The van der Waals surface area contributed by atoms with Crippen molar-refractivity contribution in [1.29, 1.82) is 0 Å². The van der Waals surface area contributed by atoms with E-state index in [1.165, 1.54) is 5.56 Å². The van der Waals surface area contributed by atoms with Crippen molar-refractivity contribution in [3.63, 3.8) is 0 Å². The molecule has 1 aromatic heterocycles. The minimum atomic E-state index is -0.239. The molecule has 0 radical (unpaired) electrons. The molecule has 1 saturated carbocycles. The first-order valence-corrected chi connectivity index (χ1v) is 8.77. The Balaban J connectivity index is 1.49. The largest absolute Gasteiger partial charge is 0.341 e. The van der Waals surface area contributed by atoms with Crippen LogP contribution in [0.25, 0.3) is 0 Å². The molecule has 24 heavy (non-hydrogen) atoms. The van der Waals surface area contributed by atoms with Crippen LogP contribution in [0.1, 0.15) is 54.2 Å². The molecule has 2 N–H and O–H groups in total. The lowest BCUT2D eigenvalue weighted by molar-refractivity contribution is 0.0818. The molecule has 0 spiro atoms. The van der Waals surface area contributed by atoms with Crippen LogP contribution in [0.4, 0.5) is 0 Å². The van der Waals surface area contributed by atoms with Crippen molar-refractivity contribution in [3.8, 4) is 0 Å². The second-order valence-corrected chi connectivity index (χ2v) is 6.82. The number of nitrogens with zero attached hydrogens (tertiary/aromatic N) is 3. The van der Waals surface area contributed by atoms with Gasteiger partial charge < -0.3 is 10.6 Å². The van der Waals surface area contributed by atoms with Gasteiger partial charge in [-0.2, -0.15) is 0 Å². The lowest BCUT2D eigenvalue weighted by atomic mass is 9.71. The first kappa shape index (κ1) is 15.3. The van der Waals surface area contributed by atoms with Crippen molar-refractivity contribution in [1.82, 2.24) is 25.6 Å². The number of piperidine rings is 1. The Bertz CT molecular complexity index is 701. The van der Waals surface area contributed by atoms with Gasteiger partial charge in [0, 0.05) is 0 Å². The summed E-state index contributed by atoms with van der Waals surface area (Å²) < 4.78 is 1.85. The summed E-state index contributed by atoms with van der Waals surface area (Å²) in [6.45, 7) is 1.98. The molecule has 2 aliphatic rings. The molecule has 4 rings (SSSR count). The van der Waals surface area contributed by atoms with Crippen molar-refractivity contribution >= 4 is 5.91 Å². The maximum Gasteiger partial charge on any atom is 0.274 e. The first-order valence-electron chi connectivity index (χ1n) is 8.77. The summed E-state index contributed by atoms with van der Waals surface area (Å²) in [5.41, 5.74) is 1.35. The number of nitrogens with one attached hydrogen (secondary N) is 2. The van der Waals surface area contributed by atoms with E-state index >= 15 is 0 Å². The number of hydrogen-bond acceptors (Lipinski definition) is 4. The van der Waals surface area contributed by atoms with Gasteiger partial charge in [-0.3, -0.25) is 4.79 Å². The van der Waals surface area contributed by atoms with Crippen LogP contribution in [0.15, 0.2) is 36.5 Å². The van der Waals surface area contributed by atoms with E-state index in [-0.39, 0.29) is 11.4 Å². The smallest absolute Gasteiger partial charge is 0.274 e. The summed E-state index contributed by atoms with van der Waals surface area (Å²) in [6, 6.07) is 10.6. The molecule has 2 fully saturated rings. The van der Waals surface area contributed by atoms with E-state index in [4.69, 9.17) is 0 Å². The molecular formula is C18H23N5O. The van der Waals surface area contributed by atoms with Gasteiger partial charge in [0.05, 0.1) is 17.8 Å². The Morgan fingerprint density at radius 3 is 2.62 bits per heavy atom. The van der Waals surface area contributed by atoms with E-state index in [9.17, 15) is 4.79 Å². The van der Waals surface area contributed by atoms with Gasteiger partial charge >= 0.3 is 0 Å². The third-order valence-corrected chi connectivity index (χ3v) is 5.31. The Morgan fingerprint density at radius 2 is 1.96 bits per heavy atom. The zero-order valence-electron chi connectivity index (χ0n) is 13.7. The van der Waals surface area contributed by atoms with Gasteiger partial charge in [0.2, 0.25) is 0 Å². The van der Waals surface area contributed by atoms with Crippen LogP contribution in [0.2, 0.25) is 0 Å². The number of rotatable bonds is 4. The molecular weight excluding hydrogens is 302 g/mol. The number of carbonyl (C=O) groups is 1. The highest BCUT2D eigenvalue weighted by Gasteiger charge is 2.40. The van der Waals surface area contributed by atoms with Crippen LogP contribution < -0.4 is 10.6 Å². The number of carbonyl (C=O) groups excluding carboxylic acids is 1. The summed E-state index contributed by atoms with van der Waals surface area (Å²) in [6.07, 6.45) is 6.94. The Morgan fingerprint density at radius 1 is 1.21 bits per heavy atom. The molecule has 1 aliphatic heterocycles. The summed E-state index contributed by atoms with van der Waals surface area (Å²) in [7, 11) is 0. The molecule has 0 bridgehead atoms. The monoisotopic (exact) mass is 325 g/mol. The summed E-state index contributed by atoms with van der Waals surface area (Å²) >= 11 is 0. The van der Waals surface area contributed by atoms with Gasteiger partial charge in [0.25, 0.3) is 5.91 Å². The van der Waals surface area contributed by atoms with E-state index in [2.05, 4.69) is 33.1 Å². The Labute approximate surface area is 141 Å². The van der Waals surface area contributed by atoms with Crippen molar-refractivity contribution in [2.24, 2.45) is 0 Å². The van der Waals surface area contributed by atoms with Gasteiger partial charge in [-0.1, -0.05) is 35.5 Å². The predicted octanol–water partition coefficient (Wildman–Crippen LogP) is 2.01. The molecule has 2 aromatic rings. The summed E-state index contributed by atoms with van der Waals surface area (Å²) in [4.78, 5) is 12.7. The molecule has 2 heterocycles. The van der Waals surface area contributed by atoms with Crippen LogP contribution in [0.5, 0.6) is 0 Å². The van der Waals surface area contributed by atoms with E-state index in [0.29, 0.717) is 11.7 Å². The maximum atomic E-state index is 12.7. The number of hydrogen-bond donors (Lipinski definition) is 2. The van der Waals surface area contributed by atoms with Crippen LogP contribution in [0.3, 0.4) is 0 Å². The van der Waals surface area contributed by atoms with E-state index in [1.54, 1.807) is 6.20 Å². The van der Waals surface area contributed by atoms with Crippen molar-refractivity contribution < 1.29 is 4.79 Å². The van der Waals surface area contributed by atoms with Gasteiger partial charge in [-0.05, 0) is 50.8 Å². The maximum absolute atomic E-state index is 12.7. The van der Waals surface area contributed by atoms with E-state index in [1.807, 2.05) is 22.9 Å². The van der Waals surface area contributed by atoms with E-state index < -0.39 is 0 Å². The molecule has 1 aliphatic carbocycles. The molecule has 1 saturated heterocycles. The molecule has 6 heteroatoms. The lowest BCUT2D eigenvalue weighted by Gasteiger charge is -2.43. The van der Waals surface area contributed by atoms with Gasteiger partial charge in [-0.25, -0.2) is 4.68 Å². The standard InChI is InChI=1S/C18H23N5O/c24-17(16-13-23(22-21-16)15-7-11-19-12-8-15)20-18(9-4-10-18)14-5-2-1-3-6-14/h1-3,5-6,13,15,19H,4,7-12H2,(H,20,24). The third-order valence-electron chi connectivity index (χ3n) is 5.31. The second-order valence-electron chi connectivity index (χ2n) is 6.82. The fourth-order valence-electron chi connectivity index (χ4n) is 3.69. The highest BCUT2D eigenvalue weighted by Crippen LogP contribution is 2.41. The molecule has 1 aromatic carbocycles. The van der Waals surface area contributed by atoms with Crippen LogP contribution in [-0.4, -0.2) is 34.0 Å². The SMILES string of the molecule is O=C(NC1(c2ccccc2)CCC1)c1cn(C2CCNCC2)nn1. The fraction of sp³-hybridized carbons (Fsp3) is 0.500. The Kier molecular flexibility index (Phi) is 4.06. The van der Waals surface area contributed by atoms with Crippen LogP contribution in [0, 0.1) is 0 Å². The van der Waals surface area contributed by atoms with Gasteiger partial charge in [0.15, 0.2) is 5.69 Å². The molecule has 126 valence electrons. The minimum Gasteiger partial charge on any atom is -0.341 e. The average molecular weight is 325 g/mol. The summed E-state index contributed by atoms with van der Waals surface area (Å²) in [5, 5.41) is 14.8. The van der Waals surface area contributed by atoms with Crippen molar-refractivity contribution in [3.05, 3.63) is 47.8 Å². The highest BCUT2D eigenvalue weighted by atomic mass is 16.2. The fourth-order valence-corrected chi connectivity index (χ4v) is 3.69. The normalized spacial score (nSPS) is 20.3. The number of aromatic nitrogens is 3. The van der Waals surface area contributed by atoms with Gasteiger partial charge in [-0.15, -0.1) is 5.10 Å². The molecule has 0 unspecified atom stereocenters. The highest BCUT2D eigenvalue weighted by molar-refractivity contribution is 5.92. The van der Waals surface area contributed by atoms with Crippen molar-refractivity contribution in [2.75, 3.05) is 13.1 Å². The third kappa shape index (κ3) is 2.82. The quantitative estimate of drug-likeness (QED) is 0.902. The van der Waals surface area contributed by atoms with Gasteiger partial charge in [0.1, 0.15) is 0 Å². The number of amides is 1. The molecule has 0 atom stereocenters. The zero-order valence-corrected chi connectivity index (χ0v) is 13.7. The minimum absolute atomic E-state index is 0.126. The van der Waals surface area contributed by atoms with E-state index in [0.717, 1.165) is 45.2 Å².